The van der Waals surface area contributed by atoms with Crippen molar-refractivity contribution in [3.8, 4) is 0 Å². The maximum atomic E-state index is 10.2. The quantitative estimate of drug-likeness (QED) is 0.517. The molecule has 0 heterocycles. The zero-order chi connectivity index (χ0) is 7.11. The summed E-state index contributed by atoms with van der Waals surface area (Å²) in [5, 5.41) is 10.2. The monoisotopic (exact) mass is 127 g/mol. The molecule has 0 saturated carbocycles. The number of allylic oxidation sites excluding steroid dienone is 2. The minimum absolute atomic E-state index is 0.0670. The molecule has 0 amide bonds. The van der Waals surface area contributed by atoms with E-state index in [9.17, 15) is 5.11 Å². The molecule has 1 radical (unpaired) electrons. The minimum Gasteiger partial charge on any atom is -0.236 e. The predicted molar refractivity (Wildman–Crippen MR) is 38.8 cm³/mol. The second-order valence-corrected chi connectivity index (χ2v) is 2.42. The molecule has 1 unspecified atom stereocenters. The summed E-state index contributed by atoms with van der Waals surface area (Å²) in [5.74, 6) is 0.348. The van der Waals surface area contributed by atoms with Crippen LogP contribution in [0.4, 0.5) is 0 Å². The lowest BCUT2D eigenvalue weighted by Gasteiger charge is -2.01. The third-order valence-corrected chi connectivity index (χ3v) is 1.35. The van der Waals surface area contributed by atoms with Crippen LogP contribution in [0.3, 0.4) is 0 Å². The van der Waals surface area contributed by atoms with Gasteiger partial charge in [-0.25, -0.2) is 5.11 Å². The Balaban J connectivity index is 3.06. The molecule has 0 aromatic carbocycles. The largest absolute Gasteiger partial charge is 0.236 e. The number of rotatable bonds is 4. The molecule has 0 rings (SSSR count). The molecule has 9 heavy (non-hydrogen) atoms. The van der Waals surface area contributed by atoms with Crippen molar-refractivity contribution in [3.05, 3.63) is 12.2 Å². The molecule has 1 heteroatoms. The first-order chi connectivity index (χ1) is 4.31. The van der Waals surface area contributed by atoms with Crippen LogP contribution in [-0.2, 0) is 5.11 Å². The van der Waals surface area contributed by atoms with Crippen LogP contribution in [0.5, 0.6) is 0 Å². The average Bonchev–Trinajstić information content (AvgIpc) is 1.89. The van der Waals surface area contributed by atoms with Gasteiger partial charge in [-0.05, 0) is 25.7 Å². The van der Waals surface area contributed by atoms with Crippen molar-refractivity contribution in [3.63, 3.8) is 0 Å². The van der Waals surface area contributed by atoms with Gasteiger partial charge in [0.15, 0.2) is 0 Å². The predicted octanol–water partition coefficient (Wildman–Crippen LogP) is 2.41. The van der Waals surface area contributed by atoms with E-state index in [0.717, 1.165) is 12.8 Å². The highest BCUT2D eigenvalue weighted by Gasteiger charge is 1.96. The molecular weight excluding hydrogens is 112 g/mol. The number of hydrogen-bond donors (Lipinski definition) is 0. The fraction of sp³-hybridized carbons (Fsp3) is 0.750. The molecule has 0 aliphatic carbocycles. The highest BCUT2D eigenvalue weighted by molar-refractivity contribution is 4.76. The summed E-state index contributed by atoms with van der Waals surface area (Å²) in [6, 6.07) is 0. The van der Waals surface area contributed by atoms with Crippen LogP contribution >= 0.6 is 0 Å². The summed E-state index contributed by atoms with van der Waals surface area (Å²) in [5.41, 5.74) is 0. The molecule has 0 aliphatic rings. The Bertz CT molecular complexity index is 76.6. The minimum atomic E-state index is 0.0670. The van der Waals surface area contributed by atoms with Crippen LogP contribution in [0, 0.1) is 5.92 Å². The molecule has 0 N–H and O–H groups in total. The summed E-state index contributed by atoms with van der Waals surface area (Å²) < 4.78 is 0. The fourth-order valence-electron chi connectivity index (χ4n) is 0.631. The third kappa shape index (κ3) is 5.57. The first-order valence-corrected chi connectivity index (χ1v) is 3.50. The molecule has 0 saturated heterocycles. The molecule has 0 bridgehead atoms. The molecule has 0 fully saturated rings. The van der Waals surface area contributed by atoms with Crippen LogP contribution in [0.15, 0.2) is 12.2 Å². The Hall–Kier alpha value is -0.300. The zero-order valence-corrected chi connectivity index (χ0v) is 6.26. The Morgan fingerprint density at radius 2 is 2.22 bits per heavy atom. The molecule has 1 nitrogen and oxygen atoms in total. The summed E-state index contributed by atoms with van der Waals surface area (Å²) in [4.78, 5) is 0. The molecule has 0 aromatic heterocycles. The lowest BCUT2D eigenvalue weighted by atomic mass is 10.1. The van der Waals surface area contributed by atoms with E-state index >= 15 is 0 Å². The van der Waals surface area contributed by atoms with Crippen LogP contribution in [0.2, 0.25) is 0 Å². The van der Waals surface area contributed by atoms with Gasteiger partial charge in [-0.3, -0.25) is 0 Å². The Morgan fingerprint density at radius 3 is 2.67 bits per heavy atom. The van der Waals surface area contributed by atoms with Gasteiger partial charge in [-0.1, -0.05) is 19.1 Å². The van der Waals surface area contributed by atoms with Gasteiger partial charge in [-0.2, -0.15) is 0 Å². The van der Waals surface area contributed by atoms with Gasteiger partial charge in [0.2, 0.25) is 0 Å². The van der Waals surface area contributed by atoms with Gasteiger partial charge in [0.25, 0.3) is 0 Å². The second kappa shape index (κ2) is 5.83. The maximum Gasteiger partial charge on any atom is 0.0847 e. The first-order valence-electron chi connectivity index (χ1n) is 3.50. The van der Waals surface area contributed by atoms with E-state index < -0.39 is 0 Å². The van der Waals surface area contributed by atoms with Crippen molar-refractivity contribution < 1.29 is 5.11 Å². The van der Waals surface area contributed by atoms with Crippen molar-refractivity contribution >= 4 is 0 Å². The van der Waals surface area contributed by atoms with Crippen LogP contribution in [0.1, 0.15) is 26.7 Å². The molecule has 53 valence electrons. The van der Waals surface area contributed by atoms with Gasteiger partial charge in [0, 0.05) is 0 Å². The van der Waals surface area contributed by atoms with Gasteiger partial charge in [0.05, 0.1) is 6.61 Å². The van der Waals surface area contributed by atoms with Crippen molar-refractivity contribution in [1.29, 1.82) is 0 Å². The Labute approximate surface area is 57.4 Å². The van der Waals surface area contributed by atoms with Crippen LogP contribution < -0.4 is 0 Å². The highest BCUT2D eigenvalue weighted by Crippen LogP contribution is 2.04. The van der Waals surface area contributed by atoms with E-state index in [2.05, 4.69) is 6.08 Å². The second-order valence-electron chi connectivity index (χ2n) is 2.42. The van der Waals surface area contributed by atoms with Crippen molar-refractivity contribution in [2.45, 2.75) is 26.7 Å². The van der Waals surface area contributed by atoms with E-state index in [4.69, 9.17) is 0 Å². The third-order valence-electron chi connectivity index (χ3n) is 1.35. The fourth-order valence-corrected chi connectivity index (χ4v) is 0.631. The van der Waals surface area contributed by atoms with E-state index in [-0.39, 0.29) is 6.61 Å². The van der Waals surface area contributed by atoms with E-state index in [0.29, 0.717) is 5.92 Å². The summed E-state index contributed by atoms with van der Waals surface area (Å²) >= 11 is 0. The summed E-state index contributed by atoms with van der Waals surface area (Å²) in [6.07, 6.45) is 6.22. The topological polar surface area (TPSA) is 19.9 Å². The van der Waals surface area contributed by atoms with E-state index in [1.54, 1.807) is 0 Å². The van der Waals surface area contributed by atoms with E-state index in [1.165, 1.54) is 0 Å². The summed E-state index contributed by atoms with van der Waals surface area (Å²) in [6.45, 7) is 4.07. The van der Waals surface area contributed by atoms with Gasteiger partial charge in [0.1, 0.15) is 0 Å². The normalized spacial score (nSPS) is 14.6. The summed E-state index contributed by atoms with van der Waals surface area (Å²) in [7, 11) is 0. The molecular formula is C8H15O. The zero-order valence-electron chi connectivity index (χ0n) is 6.26. The smallest absolute Gasteiger partial charge is 0.0847 e. The molecule has 0 spiro atoms. The molecule has 1 atom stereocenters. The Morgan fingerprint density at radius 1 is 1.56 bits per heavy atom. The van der Waals surface area contributed by atoms with Crippen molar-refractivity contribution in [1.82, 2.24) is 0 Å². The Kier molecular flexibility index (Phi) is 5.64. The van der Waals surface area contributed by atoms with Gasteiger partial charge < -0.3 is 0 Å². The molecule has 0 aromatic rings. The van der Waals surface area contributed by atoms with Gasteiger partial charge >= 0.3 is 0 Å². The standard InChI is InChI=1S/C8H15O/c1-3-4-5-6-8(2)7-9/h3-4,8H,5-7H2,1-2H3. The lowest BCUT2D eigenvalue weighted by molar-refractivity contribution is 0.147. The van der Waals surface area contributed by atoms with Crippen LogP contribution in [-0.4, -0.2) is 6.61 Å². The van der Waals surface area contributed by atoms with Gasteiger partial charge in [-0.15, -0.1) is 0 Å². The lowest BCUT2D eigenvalue weighted by Crippen LogP contribution is -1.97. The van der Waals surface area contributed by atoms with Crippen molar-refractivity contribution in [2.24, 2.45) is 5.92 Å². The highest BCUT2D eigenvalue weighted by atomic mass is 16.3. The van der Waals surface area contributed by atoms with Crippen molar-refractivity contribution in [2.75, 3.05) is 6.61 Å². The maximum absolute atomic E-state index is 10.2. The van der Waals surface area contributed by atoms with Crippen LogP contribution in [0.25, 0.3) is 0 Å². The average molecular weight is 127 g/mol. The number of hydrogen-bond acceptors (Lipinski definition) is 0. The first kappa shape index (κ1) is 8.70. The SMILES string of the molecule is CC=CCCC(C)C[O]. The molecule has 0 aliphatic heterocycles. The van der Waals surface area contributed by atoms with E-state index in [1.807, 2.05) is 19.9 Å².